The number of fused-ring (bicyclic) bond motifs is 1. The van der Waals surface area contributed by atoms with Crippen molar-refractivity contribution in [3.8, 4) is 0 Å². The lowest BCUT2D eigenvalue weighted by Crippen LogP contribution is -2.12. The molecule has 0 aliphatic heterocycles. The van der Waals surface area contributed by atoms with Crippen LogP contribution in [0.4, 0.5) is 0 Å². The van der Waals surface area contributed by atoms with Crippen LogP contribution in [-0.4, -0.2) is 10.5 Å². The van der Waals surface area contributed by atoms with Crippen LogP contribution in [0.2, 0.25) is 5.02 Å². The van der Waals surface area contributed by atoms with Crippen molar-refractivity contribution < 1.29 is 4.79 Å². The van der Waals surface area contributed by atoms with Gasteiger partial charge in [0.1, 0.15) is 0 Å². The third kappa shape index (κ3) is 3.21. The molecule has 122 valence electrons. The number of amides is 1. The van der Waals surface area contributed by atoms with E-state index in [4.69, 9.17) is 11.6 Å². The monoisotopic (exact) mass is 356 g/mol. The number of carbonyl (C=O) groups is 1. The van der Waals surface area contributed by atoms with Crippen molar-refractivity contribution >= 4 is 45.1 Å². The van der Waals surface area contributed by atoms with Crippen LogP contribution in [0.25, 0.3) is 16.3 Å². The summed E-state index contributed by atoms with van der Waals surface area (Å²) in [5, 5.41) is 0.611. The van der Waals surface area contributed by atoms with Gasteiger partial charge in [0.2, 0.25) is 0 Å². The normalized spacial score (nSPS) is 12.4. The maximum Gasteiger partial charge on any atom is 0.272 e. The molecule has 3 nitrogen and oxygen atoms in total. The molecule has 0 radical (unpaired) electrons. The van der Waals surface area contributed by atoms with Gasteiger partial charge < -0.3 is 4.57 Å². The van der Waals surface area contributed by atoms with Crippen LogP contribution in [0.1, 0.15) is 16.7 Å². The lowest BCUT2D eigenvalue weighted by atomic mass is 10.1. The molecule has 0 spiro atoms. The summed E-state index contributed by atoms with van der Waals surface area (Å²) in [4.78, 5) is 17.1. The Bertz CT molecular complexity index is 1030. The van der Waals surface area contributed by atoms with Gasteiger partial charge >= 0.3 is 0 Å². The van der Waals surface area contributed by atoms with E-state index in [1.54, 1.807) is 12.1 Å². The largest absolute Gasteiger partial charge is 0.319 e. The molecule has 3 aromatic rings. The Morgan fingerprint density at radius 3 is 2.71 bits per heavy atom. The summed E-state index contributed by atoms with van der Waals surface area (Å²) in [6.45, 7) is 4.17. The fourth-order valence-electron chi connectivity index (χ4n) is 2.54. The van der Waals surface area contributed by atoms with Crippen molar-refractivity contribution in [2.75, 3.05) is 0 Å². The van der Waals surface area contributed by atoms with E-state index in [0.29, 0.717) is 9.82 Å². The predicted molar refractivity (Wildman–Crippen MR) is 101 cm³/mol. The zero-order chi connectivity index (χ0) is 17.3. The molecule has 0 aliphatic carbocycles. The summed E-state index contributed by atoms with van der Waals surface area (Å²) in [5.74, 6) is -0.300. The fraction of sp³-hybridized carbons (Fsp3) is 0.158. The molecule has 1 heterocycles. The van der Waals surface area contributed by atoms with Crippen LogP contribution >= 0.6 is 22.9 Å². The Balaban J connectivity index is 1.98. The lowest BCUT2D eigenvalue weighted by Gasteiger charge is -2.03. The van der Waals surface area contributed by atoms with Gasteiger partial charge in [-0.25, -0.2) is 0 Å². The molecule has 3 rings (SSSR count). The lowest BCUT2D eigenvalue weighted by molar-refractivity contribution is -0.113. The van der Waals surface area contributed by atoms with Crippen molar-refractivity contribution in [1.29, 1.82) is 0 Å². The van der Waals surface area contributed by atoms with Crippen molar-refractivity contribution in [2.24, 2.45) is 12.0 Å². The van der Waals surface area contributed by atoms with Crippen LogP contribution < -0.4 is 4.80 Å². The predicted octanol–water partition coefficient (Wildman–Crippen LogP) is 4.65. The number of hydrogen-bond donors (Lipinski definition) is 0. The van der Waals surface area contributed by atoms with E-state index in [1.807, 2.05) is 29.8 Å². The number of carbonyl (C=O) groups excluding carboxylic acids is 1. The second kappa shape index (κ2) is 6.75. The number of rotatable bonds is 2. The molecule has 0 saturated heterocycles. The third-order valence-corrected chi connectivity index (χ3v) is 5.45. The number of aromatic nitrogens is 1. The molecular weight excluding hydrogens is 340 g/mol. The van der Waals surface area contributed by atoms with Gasteiger partial charge in [0.05, 0.1) is 10.2 Å². The van der Waals surface area contributed by atoms with Crippen LogP contribution in [-0.2, 0) is 11.8 Å². The molecule has 0 bridgehead atoms. The van der Waals surface area contributed by atoms with Crippen molar-refractivity contribution in [3.05, 3.63) is 69.0 Å². The summed E-state index contributed by atoms with van der Waals surface area (Å²) in [6.07, 6.45) is 3.14. The van der Waals surface area contributed by atoms with Gasteiger partial charge in [0.25, 0.3) is 5.91 Å². The van der Waals surface area contributed by atoms with Crippen molar-refractivity contribution in [1.82, 2.24) is 4.57 Å². The second-order valence-electron chi connectivity index (χ2n) is 5.60. The highest BCUT2D eigenvalue weighted by Gasteiger charge is 2.08. The van der Waals surface area contributed by atoms with E-state index in [0.717, 1.165) is 15.8 Å². The minimum absolute atomic E-state index is 0.300. The number of benzene rings is 2. The Labute approximate surface area is 149 Å². The van der Waals surface area contributed by atoms with Crippen LogP contribution in [0.5, 0.6) is 0 Å². The Morgan fingerprint density at radius 2 is 1.96 bits per heavy atom. The molecule has 2 aromatic carbocycles. The molecule has 0 aliphatic rings. The first-order valence-corrected chi connectivity index (χ1v) is 8.74. The fourth-order valence-corrected chi connectivity index (χ4v) is 3.82. The van der Waals surface area contributed by atoms with E-state index >= 15 is 0 Å². The van der Waals surface area contributed by atoms with E-state index in [2.05, 4.69) is 31.0 Å². The number of halogens is 1. The maximum absolute atomic E-state index is 12.2. The number of thiazole rings is 1. The summed E-state index contributed by atoms with van der Waals surface area (Å²) >= 11 is 7.60. The van der Waals surface area contributed by atoms with E-state index < -0.39 is 0 Å². The van der Waals surface area contributed by atoms with Gasteiger partial charge in [-0.1, -0.05) is 47.2 Å². The standard InChI is InChI=1S/C19H17ClN2OS/c1-12-8-10-16-18(13(12)2)22(3)19(24-16)21-17(23)11-9-14-6-4-5-7-15(14)20/h4-11H,1-3H3. The minimum Gasteiger partial charge on any atom is -0.319 e. The van der Waals surface area contributed by atoms with Gasteiger partial charge in [-0.15, -0.1) is 0 Å². The molecule has 0 unspecified atom stereocenters. The van der Waals surface area contributed by atoms with Crippen LogP contribution in [0.3, 0.4) is 0 Å². The Morgan fingerprint density at radius 1 is 1.21 bits per heavy atom. The molecule has 1 aromatic heterocycles. The molecule has 0 saturated carbocycles. The first-order chi connectivity index (χ1) is 11.5. The third-order valence-electron chi connectivity index (χ3n) is 4.00. The van der Waals surface area contributed by atoms with Gasteiger partial charge in [0, 0.05) is 18.1 Å². The zero-order valence-electron chi connectivity index (χ0n) is 13.7. The first kappa shape index (κ1) is 16.7. The number of nitrogens with zero attached hydrogens (tertiary/aromatic N) is 2. The van der Waals surface area contributed by atoms with E-state index in [-0.39, 0.29) is 5.91 Å². The molecule has 1 amide bonds. The van der Waals surface area contributed by atoms with Crippen molar-refractivity contribution in [3.63, 3.8) is 0 Å². The summed E-state index contributed by atoms with van der Waals surface area (Å²) < 4.78 is 3.10. The molecule has 0 fully saturated rings. The average Bonchev–Trinajstić information content (AvgIpc) is 2.87. The van der Waals surface area contributed by atoms with Gasteiger partial charge in [0.15, 0.2) is 4.80 Å². The topological polar surface area (TPSA) is 34.4 Å². The summed E-state index contributed by atoms with van der Waals surface area (Å²) in [7, 11) is 1.94. The highest BCUT2D eigenvalue weighted by molar-refractivity contribution is 7.16. The van der Waals surface area contributed by atoms with Crippen LogP contribution in [0.15, 0.2) is 47.5 Å². The number of aryl methyl sites for hydroxylation is 3. The molecule has 24 heavy (non-hydrogen) atoms. The minimum atomic E-state index is -0.300. The SMILES string of the molecule is Cc1ccc2sc(=NC(=O)C=Cc3ccccc3Cl)n(C)c2c1C. The molecule has 0 N–H and O–H groups in total. The average molecular weight is 357 g/mol. The van der Waals surface area contributed by atoms with Gasteiger partial charge in [-0.3, -0.25) is 4.79 Å². The summed E-state index contributed by atoms with van der Waals surface area (Å²) in [5.41, 5.74) is 4.37. The Kier molecular flexibility index (Phi) is 4.69. The smallest absolute Gasteiger partial charge is 0.272 e. The van der Waals surface area contributed by atoms with Gasteiger partial charge in [-0.2, -0.15) is 4.99 Å². The maximum atomic E-state index is 12.2. The quantitative estimate of drug-likeness (QED) is 0.615. The number of hydrogen-bond acceptors (Lipinski definition) is 2. The second-order valence-corrected chi connectivity index (χ2v) is 7.02. The molecule has 0 atom stereocenters. The summed E-state index contributed by atoms with van der Waals surface area (Å²) in [6, 6.07) is 11.6. The first-order valence-electron chi connectivity index (χ1n) is 7.54. The highest BCUT2D eigenvalue weighted by Crippen LogP contribution is 2.23. The highest BCUT2D eigenvalue weighted by atomic mass is 35.5. The van der Waals surface area contributed by atoms with E-state index in [9.17, 15) is 4.79 Å². The van der Waals surface area contributed by atoms with Crippen LogP contribution in [0, 0.1) is 13.8 Å². The van der Waals surface area contributed by atoms with E-state index in [1.165, 1.54) is 28.5 Å². The van der Waals surface area contributed by atoms with Crippen molar-refractivity contribution in [2.45, 2.75) is 13.8 Å². The molecular formula is C19H17ClN2OS. The van der Waals surface area contributed by atoms with Gasteiger partial charge in [-0.05, 0) is 48.7 Å². The molecule has 5 heteroatoms. The zero-order valence-corrected chi connectivity index (χ0v) is 15.3. The Hall–Kier alpha value is -2.17.